The lowest BCUT2D eigenvalue weighted by Gasteiger charge is -2.08. The van der Waals surface area contributed by atoms with E-state index in [4.69, 9.17) is 10.5 Å². The largest absolute Gasteiger partial charge is 0.497 e. The van der Waals surface area contributed by atoms with E-state index in [1.165, 1.54) is 0 Å². The van der Waals surface area contributed by atoms with Crippen LogP contribution in [0.5, 0.6) is 5.75 Å². The molecule has 0 radical (unpaired) electrons. The highest BCUT2D eigenvalue weighted by Crippen LogP contribution is 2.14. The average Bonchev–Trinajstić information content (AvgIpc) is 2.54. The molecule has 0 bridgehead atoms. The Morgan fingerprint density at radius 2 is 1.67 bits per heavy atom. The predicted octanol–water partition coefficient (Wildman–Crippen LogP) is 2.48. The highest BCUT2D eigenvalue weighted by atomic mass is 16.5. The van der Waals surface area contributed by atoms with Crippen molar-refractivity contribution in [2.45, 2.75) is 13.1 Å². The van der Waals surface area contributed by atoms with Gasteiger partial charge in [-0.05, 0) is 35.4 Å². The van der Waals surface area contributed by atoms with E-state index in [0.717, 1.165) is 16.9 Å². The Labute approximate surface area is 124 Å². The van der Waals surface area contributed by atoms with E-state index in [1.807, 2.05) is 24.3 Å². The number of hydrogen-bond acceptors (Lipinski definition) is 3. The van der Waals surface area contributed by atoms with Crippen LogP contribution in [0, 0.1) is 0 Å². The number of amides is 2. The van der Waals surface area contributed by atoms with Crippen molar-refractivity contribution >= 4 is 11.7 Å². The molecule has 110 valence electrons. The molecule has 0 spiro atoms. The Morgan fingerprint density at radius 3 is 2.24 bits per heavy atom. The quantitative estimate of drug-likeness (QED) is 0.790. The number of benzene rings is 2. The summed E-state index contributed by atoms with van der Waals surface area (Å²) in [5.41, 5.74) is 8.35. The predicted molar refractivity (Wildman–Crippen MR) is 83.2 cm³/mol. The van der Waals surface area contributed by atoms with Gasteiger partial charge in [-0.15, -0.1) is 0 Å². The van der Waals surface area contributed by atoms with Gasteiger partial charge in [-0.3, -0.25) is 0 Å². The first-order valence-corrected chi connectivity index (χ1v) is 6.68. The lowest BCUT2D eigenvalue weighted by Crippen LogP contribution is -2.28. The third kappa shape index (κ3) is 4.50. The number of carbonyl (C=O) groups excluding carboxylic acids is 1. The van der Waals surface area contributed by atoms with Crippen LogP contribution in [0.4, 0.5) is 10.5 Å². The maximum absolute atomic E-state index is 11.8. The molecule has 0 unspecified atom stereocenters. The molecule has 0 heterocycles. The SMILES string of the molecule is COc1ccc(NC(=O)NCc2ccc(CN)cc2)cc1. The number of hydrogen-bond donors (Lipinski definition) is 3. The maximum atomic E-state index is 11.8. The first-order valence-electron chi connectivity index (χ1n) is 6.68. The number of methoxy groups -OCH3 is 1. The summed E-state index contributed by atoms with van der Waals surface area (Å²) in [6.45, 7) is 0.985. The Hall–Kier alpha value is -2.53. The average molecular weight is 285 g/mol. The molecule has 2 aromatic rings. The summed E-state index contributed by atoms with van der Waals surface area (Å²) < 4.78 is 5.06. The number of ether oxygens (including phenoxy) is 1. The fourth-order valence-electron chi connectivity index (χ4n) is 1.83. The van der Waals surface area contributed by atoms with Crippen LogP contribution >= 0.6 is 0 Å². The van der Waals surface area contributed by atoms with Gasteiger partial charge in [0.25, 0.3) is 0 Å². The molecule has 5 heteroatoms. The van der Waals surface area contributed by atoms with E-state index in [9.17, 15) is 4.79 Å². The third-order valence-electron chi connectivity index (χ3n) is 3.06. The van der Waals surface area contributed by atoms with Crippen molar-refractivity contribution < 1.29 is 9.53 Å². The topological polar surface area (TPSA) is 76.4 Å². The summed E-state index contributed by atoms with van der Waals surface area (Å²) in [5.74, 6) is 0.751. The Balaban J connectivity index is 1.83. The Bertz CT molecular complexity index is 579. The fraction of sp³-hybridized carbons (Fsp3) is 0.188. The van der Waals surface area contributed by atoms with E-state index >= 15 is 0 Å². The van der Waals surface area contributed by atoms with Crippen LogP contribution in [0.2, 0.25) is 0 Å². The second-order valence-electron chi connectivity index (χ2n) is 4.56. The second-order valence-corrected chi connectivity index (χ2v) is 4.56. The molecule has 4 N–H and O–H groups in total. The van der Waals surface area contributed by atoms with Crippen LogP contribution in [0.25, 0.3) is 0 Å². The fourth-order valence-corrected chi connectivity index (χ4v) is 1.83. The molecular weight excluding hydrogens is 266 g/mol. The van der Waals surface area contributed by atoms with Gasteiger partial charge in [-0.25, -0.2) is 4.79 Å². The molecule has 0 atom stereocenters. The summed E-state index contributed by atoms with van der Waals surface area (Å²) in [4.78, 5) is 11.8. The van der Waals surface area contributed by atoms with Gasteiger partial charge in [0.05, 0.1) is 7.11 Å². The molecule has 5 nitrogen and oxygen atoms in total. The number of rotatable bonds is 5. The Kier molecular flexibility index (Phi) is 5.17. The van der Waals surface area contributed by atoms with Crippen LogP contribution in [0.15, 0.2) is 48.5 Å². The number of carbonyl (C=O) groups is 1. The lowest BCUT2D eigenvalue weighted by atomic mass is 10.1. The van der Waals surface area contributed by atoms with Gasteiger partial charge in [0, 0.05) is 18.8 Å². The van der Waals surface area contributed by atoms with Gasteiger partial charge in [0.1, 0.15) is 5.75 Å². The highest BCUT2D eigenvalue weighted by molar-refractivity contribution is 5.89. The number of nitrogens with two attached hydrogens (primary N) is 1. The lowest BCUT2D eigenvalue weighted by molar-refractivity contribution is 0.251. The normalized spacial score (nSPS) is 10.0. The van der Waals surface area contributed by atoms with Crippen molar-refractivity contribution in [1.82, 2.24) is 5.32 Å². The zero-order chi connectivity index (χ0) is 15.1. The molecule has 0 saturated carbocycles. The summed E-state index contributed by atoms with van der Waals surface area (Å²) >= 11 is 0. The zero-order valence-electron chi connectivity index (χ0n) is 11.9. The minimum atomic E-state index is -0.247. The molecule has 0 aromatic heterocycles. The molecule has 2 rings (SSSR count). The third-order valence-corrected chi connectivity index (χ3v) is 3.06. The molecule has 21 heavy (non-hydrogen) atoms. The summed E-state index contributed by atoms with van der Waals surface area (Å²) in [5, 5.41) is 5.56. The molecule has 0 saturated heterocycles. The summed E-state index contributed by atoms with van der Waals surface area (Å²) in [6, 6.07) is 14.7. The smallest absolute Gasteiger partial charge is 0.319 e. The first-order chi connectivity index (χ1) is 10.2. The minimum absolute atomic E-state index is 0.247. The number of nitrogens with one attached hydrogen (secondary N) is 2. The van der Waals surface area contributed by atoms with Crippen molar-refractivity contribution in [3.8, 4) is 5.75 Å². The van der Waals surface area contributed by atoms with E-state index in [-0.39, 0.29) is 6.03 Å². The standard InChI is InChI=1S/C16H19N3O2/c1-21-15-8-6-14(7-9-15)19-16(20)18-11-13-4-2-12(10-17)3-5-13/h2-9H,10-11,17H2,1H3,(H2,18,19,20). The van der Waals surface area contributed by atoms with Crippen LogP contribution in [-0.2, 0) is 13.1 Å². The van der Waals surface area contributed by atoms with Gasteiger partial charge < -0.3 is 21.1 Å². The molecule has 2 amide bonds. The summed E-state index contributed by atoms with van der Waals surface area (Å²) in [7, 11) is 1.60. The molecular formula is C16H19N3O2. The van der Waals surface area contributed by atoms with Crippen molar-refractivity contribution in [2.75, 3.05) is 12.4 Å². The number of urea groups is 1. The van der Waals surface area contributed by atoms with Crippen LogP contribution in [-0.4, -0.2) is 13.1 Å². The molecule has 0 aliphatic rings. The van der Waals surface area contributed by atoms with Crippen molar-refractivity contribution in [3.63, 3.8) is 0 Å². The summed E-state index contributed by atoms with van der Waals surface area (Å²) in [6.07, 6.45) is 0. The minimum Gasteiger partial charge on any atom is -0.497 e. The van der Waals surface area contributed by atoms with Gasteiger partial charge in [-0.1, -0.05) is 24.3 Å². The van der Waals surface area contributed by atoms with Crippen molar-refractivity contribution in [2.24, 2.45) is 5.73 Å². The van der Waals surface area contributed by atoms with Crippen LogP contribution < -0.4 is 21.1 Å². The highest BCUT2D eigenvalue weighted by Gasteiger charge is 2.02. The molecule has 0 aliphatic heterocycles. The van der Waals surface area contributed by atoms with Gasteiger partial charge >= 0.3 is 6.03 Å². The van der Waals surface area contributed by atoms with Crippen molar-refractivity contribution in [1.29, 1.82) is 0 Å². The molecule has 2 aromatic carbocycles. The first kappa shape index (κ1) is 14.9. The van der Waals surface area contributed by atoms with Crippen molar-refractivity contribution in [3.05, 3.63) is 59.7 Å². The maximum Gasteiger partial charge on any atom is 0.319 e. The van der Waals surface area contributed by atoms with Gasteiger partial charge in [0.2, 0.25) is 0 Å². The molecule has 0 fully saturated rings. The monoisotopic (exact) mass is 285 g/mol. The van der Waals surface area contributed by atoms with E-state index in [1.54, 1.807) is 31.4 Å². The zero-order valence-corrected chi connectivity index (χ0v) is 11.9. The van der Waals surface area contributed by atoms with Gasteiger partial charge in [0.15, 0.2) is 0 Å². The second kappa shape index (κ2) is 7.31. The Morgan fingerprint density at radius 1 is 1.05 bits per heavy atom. The van der Waals surface area contributed by atoms with Crippen LogP contribution in [0.3, 0.4) is 0 Å². The van der Waals surface area contributed by atoms with Crippen LogP contribution in [0.1, 0.15) is 11.1 Å². The van der Waals surface area contributed by atoms with E-state index < -0.39 is 0 Å². The van der Waals surface area contributed by atoms with Gasteiger partial charge in [-0.2, -0.15) is 0 Å². The number of anilines is 1. The van der Waals surface area contributed by atoms with E-state index in [0.29, 0.717) is 18.8 Å². The van der Waals surface area contributed by atoms with E-state index in [2.05, 4.69) is 10.6 Å². The molecule has 0 aliphatic carbocycles.